The SMILES string of the molecule is [Cl-].[Cl-].[Fe+3].[Fe+3].[O-2].[O-2].c1ccc(CN(Cc2ccccn2)Cc2ccccn2)nc1.c1ccc(CN(Cc2ccccn2)Cc2ccccn2)nc1.c1ccc([B-](c2ccccc2)(c2ccccc2)c2ccccc2)cc1. The summed E-state index contributed by atoms with van der Waals surface area (Å²) in [6.07, 6.45) is 9.75. The molecule has 0 aliphatic rings. The van der Waals surface area contributed by atoms with Gasteiger partial charge in [-0.2, -0.15) is 21.9 Å². The van der Waals surface area contributed by atoms with Crippen molar-refractivity contribution in [1.29, 1.82) is 0 Å². The first kappa shape index (κ1) is 64.4. The van der Waals surface area contributed by atoms with Crippen LogP contribution in [0.3, 0.4) is 0 Å². The van der Waals surface area contributed by atoms with Crippen LogP contribution in [0.4, 0.5) is 0 Å². The topological polar surface area (TPSA) is 141 Å². The van der Waals surface area contributed by atoms with Gasteiger partial charge in [0.1, 0.15) is 6.15 Å². The molecule has 0 saturated heterocycles. The molecule has 382 valence electrons. The van der Waals surface area contributed by atoms with Gasteiger partial charge in [0.15, 0.2) is 0 Å². The summed E-state index contributed by atoms with van der Waals surface area (Å²) >= 11 is 0. The van der Waals surface area contributed by atoms with Crippen LogP contribution in [0.1, 0.15) is 34.2 Å². The Balaban J connectivity index is 0.000000371. The quantitative estimate of drug-likeness (QED) is 0.135. The molecule has 4 aromatic carbocycles. The van der Waals surface area contributed by atoms with Gasteiger partial charge in [-0.05, 0) is 72.8 Å². The van der Waals surface area contributed by atoms with Gasteiger partial charge in [0.05, 0.1) is 34.2 Å². The number of aromatic nitrogens is 6. The van der Waals surface area contributed by atoms with Gasteiger partial charge < -0.3 is 35.8 Å². The van der Waals surface area contributed by atoms with Crippen LogP contribution in [0.25, 0.3) is 0 Å². The molecule has 10 nitrogen and oxygen atoms in total. The van der Waals surface area contributed by atoms with Gasteiger partial charge in [0, 0.05) is 76.4 Å². The molecule has 0 fully saturated rings. The zero-order chi connectivity index (χ0) is 47.0. The number of pyridine rings is 6. The van der Waals surface area contributed by atoms with Crippen LogP contribution in [-0.4, -0.2) is 45.8 Å². The monoisotopic (exact) mass is 1110 g/mol. The standard InChI is InChI=1S/C24H20B.2C18H18N4.2ClH.2Fe.2O/c1-5-13-21(14-6-1)25(22-15-7-2-8-16-22,23-17-9-3-10-18-23)24-19-11-4-12-20-24;2*1-4-10-19-16(7-1)13-22(14-17-8-2-5-11-20-17)15-18-9-3-6-12-21-18;;;;;;/h1-20H;2*1-12H,13-15H2;2*1H;;;;/q-1;;;;;2*+3;2*-2/p-2. The molecule has 0 aliphatic heterocycles. The first-order chi connectivity index (χ1) is 34.2. The van der Waals surface area contributed by atoms with Crippen LogP contribution in [0, 0.1) is 0 Å². The van der Waals surface area contributed by atoms with Crippen molar-refractivity contribution >= 4 is 28.0 Å². The van der Waals surface area contributed by atoms with Gasteiger partial charge in [-0.25, -0.2) is 0 Å². The molecule has 0 unspecified atom stereocenters. The average Bonchev–Trinajstić information content (AvgIpc) is 3.42. The molecule has 15 heteroatoms. The first-order valence-corrected chi connectivity index (χ1v) is 23.4. The van der Waals surface area contributed by atoms with E-state index >= 15 is 0 Å². The predicted octanol–water partition coefficient (Wildman–Crippen LogP) is 2.98. The van der Waals surface area contributed by atoms with Crippen LogP contribution in [-0.2, 0) is 84.4 Å². The van der Waals surface area contributed by atoms with Crippen molar-refractivity contribution in [3.63, 3.8) is 0 Å². The fourth-order valence-corrected chi connectivity index (χ4v) is 8.78. The Labute approximate surface area is 475 Å². The molecular weight excluding hydrogens is 1060 g/mol. The summed E-state index contributed by atoms with van der Waals surface area (Å²) in [7, 11) is 0. The average molecular weight is 1110 g/mol. The molecule has 0 aliphatic carbocycles. The molecule has 0 spiro atoms. The third kappa shape index (κ3) is 19.5. The number of benzene rings is 4. The number of hydrogen-bond donors (Lipinski definition) is 0. The Kier molecular flexibility index (Phi) is 30.5. The molecule has 10 rings (SSSR count). The van der Waals surface area contributed by atoms with E-state index in [1.807, 2.05) is 146 Å². The van der Waals surface area contributed by atoms with E-state index in [-0.39, 0.29) is 69.9 Å². The molecule has 0 bridgehead atoms. The second kappa shape index (κ2) is 35.5. The van der Waals surface area contributed by atoms with Crippen molar-refractivity contribution in [2.75, 3.05) is 0 Å². The van der Waals surface area contributed by atoms with Crippen LogP contribution >= 0.6 is 0 Å². The summed E-state index contributed by atoms with van der Waals surface area (Å²) in [4.78, 5) is 31.1. The Morgan fingerprint density at radius 2 is 0.400 bits per heavy atom. The Morgan fingerprint density at radius 1 is 0.240 bits per heavy atom. The van der Waals surface area contributed by atoms with E-state index in [1.54, 1.807) is 0 Å². The number of halogens is 2. The van der Waals surface area contributed by atoms with Gasteiger partial charge in [-0.3, -0.25) is 39.7 Å². The second-order valence-corrected chi connectivity index (χ2v) is 16.7. The van der Waals surface area contributed by atoms with Gasteiger partial charge in [-0.1, -0.05) is 158 Å². The summed E-state index contributed by atoms with van der Waals surface area (Å²) < 4.78 is 0. The molecule has 10 aromatic rings. The normalized spacial score (nSPS) is 10.1. The molecule has 0 N–H and O–H groups in total. The van der Waals surface area contributed by atoms with E-state index in [1.165, 1.54) is 21.9 Å². The van der Waals surface area contributed by atoms with Crippen molar-refractivity contribution in [2.24, 2.45) is 0 Å². The van der Waals surface area contributed by atoms with Crippen LogP contribution in [0.2, 0.25) is 0 Å². The largest absolute Gasteiger partial charge is 3.00 e. The fraction of sp³-hybridized carbons (Fsp3) is 0.100. The Hall–Kier alpha value is -6.70. The third-order valence-corrected chi connectivity index (χ3v) is 11.9. The molecule has 0 atom stereocenters. The molecule has 6 aromatic heterocycles. The molecule has 75 heavy (non-hydrogen) atoms. The van der Waals surface area contributed by atoms with E-state index < -0.39 is 6.15 Å². The number of nitrogens with zero attached hydrogens (tertiary/aromatic N) is 8. The fourth-order valence-electron chi connectivity index (χ4n) is 8.78. The number of rotatable bonds is 16. The Bertz CT molecular complexity index is 2470. The molecule has 6 heterocycles. The minimum atomic E-state index is -1.22. The Morgan fingerprint density at radius 3 is 0.547 bits per heavy atom. The van der Waals surface area contributed by atoms with E-state index in [4.69, 9.17) is 0 Å². The maximum absolute atomic E-state index is 4.42. The summed E-state index contributed by atoms with van der Waals surface area (Å²) in [5.41, 5.74) is 11.7. The van der Waals surface area contributed by atoms with Crippen LogP contribution < -0.4 is 46.7 Å². The minimum Gasteiger partial charge on any atom is -2.00 e. The van der Waals surface area contributed by atoms with Crippen molar-refractivity contribution in [3.8, 4) is 0 Å². The second-order valence-electron chi connectivity index (χ2n) is 16.7. The zero-order valence-corrected chi connectivity index (χ0v) is 44.8. The summed E-state index contributed by atoms with van der Waals surface area (Å²) in [5.74, 6) is 0. The van der Waals surface area contributed by atoms with E-state index in [2.05, 4.69) is 161 Å². The third-order valence-electron chi connectivity index (χ3n) is 11.9. The van der Waals surface area contributed by atoms with Crippen molar-refractivity contribution in [3.05, 3.63) is 302 Å². The molecular formula is C60H56BCl2Fe2N8O2-. The summed E-state index contributed by atoms with van der Waals surface area (Å²) in [6, 6.07) is 79.5. The predicted molar refractivity (Wildman–Crippen MR) is 283 cm³/mol. The van der Waals surface area contributed by atoms with E-state index in [9.17, 15) is 0 Å². The van der Waals surface area contributed by atoms with Gasteiger partial charge in [-0.15, -0.1) is 0 Å². The maximum Gasteiger partial charge on any atom is 3.00 e. The van der Waals surface area contributed by atoms with Gasteiger partial charge in [0.2, 0.25) is 0 Å². The molecule has 0 amide bonds. The zero-order valence-electron chi connectivity index (χ0n) is 41.1. The van der Waals surface area contributed by atoms with Crippen LogP contribution in [0.5, 0.6) is 0 Å². The van der Waals surface area contributed by atoms with Gasteiger partial charge >= 0.3 is 34.1 Å². The van der Waals surface area contributed by atoms with Crippen molar-refractivity contribution in [1.82, 2.24) is 39.7 Å². The van der Waals surface area contributed by atoms with Gasteiger partial charge in [0.25, 0.3) is 0 Å². The van der Waals surface area contributed by atoms with E-state index in [0.29, 0.717) is 0 Å². The summed E-state index contributed by atoms with van der Waals surface area (Å²) in [6.45, 7) is 4.63. The van der Waals surface area contributed by atoms with Crippen molar-refractivity contribution < 1.29 is 69.9 Å². The first-order valence-electron chi connectivity index (χ1n) is 23.4. The van der Waals surface area contributed by atoms with E-state index in [0.717, 1.165) is 73.4 Å². The maximum atomic E-state index is 4.42. The number of hydrogen-bond acceptors (Lipinski definition) is 8. The van der Waals surface area contributed by atoms with Crippen LogP contribution in [0.15, 0.2) is 268 Å². The molecule has 2 radical (unpaired) electrons. The minimum absolute atomic E-state index is 0. The summed E-state index contributed by atoms with van der Waals surface area (Å²) in [5, 5.41) is 0. The smallest absolute Gasteiger partial charge is 2.00 e. The van der Waals surface area contributed by atoms with Crippen molar-refractivity contribution in [2.45, 2.75) is 39.3 Å². The molecule has 0 saturated carbocycles.